The standard InChI is InChI=1S/C16H21FO/c1-3-5-6-8-14(17)10-11-15-13(7-4-2)9-12-16(15)18/h4-6,9,11-14H,2-3,7-8,10H2,1H3/b6-5-,15-11+/t13-,14-/m0/s1. The van der Waals surface area contributed by atoms with Gasteiger partial charge in [-0.1, -0.05) is 37.3 Å². The minimum atomic E-state index is -0.905. The van der Waals surface area contributed by atoms with Gasteiger partial charge in [-0.2, -0.15) is 0 Å². The van der Waals surface area contributed by atoms with E-state index in [1.807, 2.05) is 25.2 Å². The molecule has 0 N–H and O–H groups in total. The molecule has 0 saturated heterocycles. The fraction of sp³-hybridized carbons (Fsp3) is 0.438. The second kappa shape index (κ2) is 7.80. The van der Waals surface area contributed by atoms with Crippen molar-refractivity contribution in [3.8, 4) is 0 Å². The van der Waals surface area contributed by atoms with Crippen molar-refractivity contribution in [2.75, 3.05) is 0 Å². The number of hydrogen-bond donors (Lipinski definition) is 0. The van der Waals surface area contributed by atoms with Crippen LogP contribution in [0.2, 0.25) is 0 Å². The van der Waals surface area contributed by atoms with Gasteiger partial charge in [0.1, 0.15) is 6.17 Å². The van der Waals surface area contributed by atoms with Crippen LogP contribution in [0.15, 0.2) is 48.6 Å². The Morgan fingerprint density at radius 2 is 2.22 bits per heavy atom. The van der Waals surface area contributed by atoms with Crippen molar-refractivity contribution in [3.63, 3.8) is 0 Å². The molecule has 0 aromatic carbocycles. The summed E-state index contributed by atoms with van der Waals surface area (Å²) in [4.78, 5) is 11.6. The summed E-state index contributed by atoms with van der Waals surface area (Å²) in [5.74, 6) is 0.103. The summed E-state index contributed by atoms with van der Waals surface area (Å²) in [6.07, 6.45) is 12.3. The summed E-state index contributed by atoms with van der Waals surface area (Å²) in [5.41, 5.74) is 0.719. The molecule has 1 rings (SSSR count). The number of rotatable bonds is 7. The highest BCUT2D eigenvalue weighted by molar-refractivity contribution is 6.07. The van der Waals surface area contributed by atoms with E-state index in [1.165, 1.54) is 0 Å². The molecule has 0 amide bonds. The molecule has 0 unspecified atom stereocenters. The first-order chi connectivity index (χ1) is 8.69. The van der Waals surface area contributed by atoms with E-state index in [-0.39, 0.29) is 11.7 Å². The second-order valence-electron chi connectivity index (χ2n) is 4.46. The Morgan fingerprint density at radius 3 is 2.89 bits per heavy atom. The lowest BCUT2D eigenvalue weighted by molar-refractivity contribution is -0.111. The molecule has 0 saturated carbocycles. The summed E-state index contributed by atoms with van der Waals surface area (Å²) in [5, 5.41) is 0. The van der Waals surface area contributed by atoms with E-state index in [4.69, 9.17) is 0 Å². The lowest BCUT2D eigenvalue weighted by Crippen LogP contribution is -2.04. The lowest BCUT2D eigenvalue weighted by Gasteiger charge is -2.08. The van der Waals surface area contributed by atoms with Crippen molar-refractivity contribution in [1.29, 1.82) is 0 Å². The summed E-state index contributed by atoms with van der Waals surface area (Å²) >= 11 is 0. The highest BCUT2D eigenvalue weighted by Crippen LogP contribution is 2.26. The van der Waals surface area contributed by atoms with Crippen LogP contribution in [0.25, 0.3) is 0 Å². The fourth-order valence-electron chi connectivity index (χ4n) is 1.98. The Morgan fingerprint density at radius 1 is 1.44 bits per heavy atom. The van der Waals surface area contributed by atoms with Gasteiger partial charge in [-0.3, -0.25) is 4.79 Å². The zero-order chi connectivity index (χ0) is 13.4. The molecule has 98 valence electrons. The summed E-state index contributed by atoms with van der Waals surface area (Å²) < 4.78 is 13.6. The monoisotopic (exact) mass is 248 g/mol. The van der Waals surface area contributed by atoms with Crippen LogP contribution in [0.1, 0.15) is 32.6 Å². The van der Waals surface area contributed by atoms with Crippen LogP contribution >= 0.6 is 0 Å². The van der Waals surface area contributed by atoms with Crippen LogP contribution in [0, 0.1) is 5.92 Å². The average Bonchev–Trinajstić information content (AvgIpc) is 2.69. The number of carbonyl (C=O) groups excluding carboxylic acids is 1. The lowest BCUT2D eigenvalue weighted by atomic mass is 9.96. The van der Waals surface area contributed by atoms with Gasteiger partial charge in [0, 0.05) is 11.5 Å². The maximum atomic E-state index is 13.6. The number of halogens is 1. The van der Waals surface area contributed by atoms with Crippen LogP contribution in [0.3, 0.4) is 0 Å². The molecule has 0 radical (unpaired) electrons. The Balaban J connectivity index is 2.51. The zero-order valence-corrected chi connectivity index (χ0v) is 10.9. The van der Waals surface area contributed by atoms with Crippen LogP contribution in [0.4, 0.5) is 4.39 Å². The molecule has 0 fully saturated rings. The minimum absolute atomic E-state index is 0.0122. The van der Waals surface area contributed by atoms with Crippen molar-refractivity contribution >= 4 is 5.78 Å². The van der Waals surface area contributed by atoms with E-state index in [9.17, 15) is 9.18 Å². The molecule has 2 heteroatoms. The van der Waals surface area contributed by atoms with Crippen molar-refractivity contribution in [1.82, 2.24) is 0 Å². The maximum Gasteiger partial charge on any atom is 0.181 e. The van der Waals surface area contributed by atoms with Gasteiger partial charge in [0.15, 0.2) is 5.78 Å². The topological polar surface area (TPSA) is 17.1 Å². The van der Waals surface area contributed by atoms with Gasteiger partial charge in [-0.15, -0.1) is 6.58 Å². The number of ketones is 1. The molecule has 0 aromatic rings. The highest BCUT2D eigenvalue weighted by atomic mass is 19.1. The summed E-state index contributed by atoms with van der Waals surface area (Å²) in [6.45, 7) is 5.70. The largest absolute Gasteiger partial charge is 0.290 e. The fourth-order valence-corrected chi connectivity index (χ4v) is 1.98. The molecular weight excluding hydrogens is 227 g/mol. The highest BCUT2D eigenvalue weighted by Gasteiger charge is 2.21. The van der Waals surface area contributed by atoms with Gasteiger partial charge in [0.05, 0.1) is 0 Å². The van der Waals surface area contributed by atoms with Gasteiger partial charge in [0.2, 0.25) is 0 Å². The molecule has 1 aliphatic rings. The Bertz CT molecular complexity index is 377. The first kappa shape index (κ1) is 14.6. The van der Waals surface area contributed by atoms with E-state index in [0.717, 1.165) is 18.4 Å². The number of allylic oxidation sites excluding steroid dienone is 7. The minimum Gasteiger partial charge on any atom is -0.290 e. The molecule has 0 bridgehead atoms. The third kappa shape index (κ3) is 4.44. The molecule has 0 aliphatic heterocycles. The van der Waals surface area contributed by atoms with Gasteiger partial charge >= 0.3 is 0 Å². The van der Waals surface area contributed by atoms with Crippen molar-refractivity contribution in [2.24, 2.45) is 5.92 Å². The number of carbonyl (C=O) groups is 1. The van der Waals surface area contributed by atoms with E-state index in [2.05, 4.69) is 6.58 Å². The van der Waals surface area contributed by atoms with Crippen LogP contribution < -0.4 is 0 Å². The van der Waals surface area contributed by atoms with Crippen LogP contribution in [0.5, 0.6) is 0 Å². The quantitative estimate of drug-likeness (QED) is 0.484. The van der Waals surface area contributed by atoms with E-state index < -0.39 is 6.17 Å². The molecule has 0 aromatic heterocycles. The Hall–Kier alpha value is -1.44. The summed E-state index contributed by atoms with van der Waals surface area (Å²) in [6, 6.07) is 0. The van der Waals surface area contributed by atoms with Crippen molar-refractivity contribution < 1.29 is 9.18 Å². The SMILES string of the molecule is C=CC[C@H]1C=CC(=O)/C1=C/C[C@@H](F)C/C=C\CC. The molecule has 0 heterocycles. The van der Waals surface area contributed by atoms with E-state index >= 15 is 0 Å². The van der Waals surface area contributed by atoms with Gasteiger partial charge in [-0.25, -0.2) is 4.39 Å². The predicted molar refractivity (Wildman–Crippen MR) is 74.1 cm³/mol. The van der Waals surface area contributed by atoms with Crippen LogP contribution in [-0.2, 0) is 4.79 Å². The zero-order valence-electron chi connectivity index (χ0n) is 10.9. The molecule has 18 heavy (non-hydrogen) atoms. The molecule has 2 atom stereocenters. The molecule has 1 aliphatic carbocycles. The smallest absolute Gasteiger partial charge is 0.181 e. The first-order valence-corrected chi connectivity index (χ1v) is 6.51. The molecular formula is C16H21FO. The number of hydrogen-bond acceptors (Lipinski definition) is 1. The normalized spacial score (nSPS) is 23.1. The second-order valence-corrected chi connectivity index (χ2v) is 4.46. The maximum absolute atomic E-state index is 13.6. The molecule has 1 nitrogen and oxygen atoms in total. The van der Waals surface area contributed by atoms with Gasteiger partial charge < -0.3 is 0 Å². The number of alkyl halides is 1. The Labute approximate surface area is 109 Å². The van der Waals surface area contributed by atoms with E-state index in [1.54, 1.807) is 18.2 Å². The third-order valence-electron chi connectivity index (χ3n) is 2.97. The predicted octanol–water partition coefficient (Wildman–Crippen LogP) is 4.33. The van der Waals surface area contributed by atoms with Gasteiger partial charge in [0.25, 0.3) is 0 Å². The molecule has 0 spiro atoms. The van der Waals surface area contributed by atoms with Crippen molar-refractivity contribution in [2.45, 2.75) is 38.8 Å². The van der Waals surface area contributed by atoms with E-state index in [0.29, 0.717) is 12.8 Å². The first-order valence-electron chi connectivity index (χ1n) is 6.51. The van der Waals surface area contributed by atoms with Gasteiger partial charge in [-0.05, 0) is 31.8 Å². The van der Waals surface area contributed by atoms with Crippen LogP contribution in [-0.4, -0.2) is 12.0 Å². The summed E-state index contributed by atoms with van der Waals surface area (Å²) in [7, 11) is 0. The average molecular weight is 248 g/mol. The van der Waals surface area contributed by atoms with Crippen molar-refractivity contribution in [3.05, 3.63) is 48.6 Å². The Kier molecular flexibility index (Phi) is 6.34. The third-order valence-corrected chi connectivity index (χ3v) is 2.97.